The summed E-state index contributed by atoms with van der Waals surface area (Å²) >= 11 is 5.57. The lowest BCUT2D eigenvalue weighted by Crippen LogP contribution is -2.36. The molecule has 3 amide bonds. The second kappa shape index (κ2) is 7.32. The Morgan fingerprint density at radius 1 is 1.29 bits per heavy atom. The van der Waals surface area contributed by atoms with E-state index in [0.29, 0.717) is 42.1 Å². The summed E-state index contributed by atoms with van der Waals surface area (Å²) in [6, 6.07) is 4.78. The first-order chi connectivity index (χ1) is 11.6. The SMILES string of the molecule is O=C(CCCCl)Nc1ccc2c(c1)C(=O)N(CC1CCCO1)C2=O. The number of fused-ring (bicyclic) bond motifs is 1. The van der Waals surface area contributed by atoms with Crippen molar-refractivity contribution in [3.05, 3.63) is 29.3 Å². The zero-order valence-electron chi connectivity index (χ0n) is 13.2. The molecule has 128 valence electrons. The van der Waals surface area contributed by atoms with Crippen LogP contribution in [0.3, 0.4) is 0 Å². The van der Waals surface area contributed by atoms with Crippen LogP contribution in [0.2, 0.25) is 0 Å². The quantitative estimate of drug-likeness (QED) is 0.631. The lowest BCUT2D eigenvalue weighted by atomic mass is 10.1. The number of ether oxygens (including phenoxy) is 1. The van der Waals surface area contributed by atoms with Crippen molar-refractivity contribution in [2.75, 3.05) is 24.3 Å². The van der Waals surface area contributed by atoms with Gasteiger partial charge in [-0.05, 0) is 37.5 Å². The molecule has 0 aromatic heterocycles. The molecule has 1 fully saturated rings. The van der Waals surface area contributed by atoms with Crippen molar-refractivity contribution < 1.29 is 19.1 Å². The largest absolute Gasteiger partial charge is 0.376 e. The Labute approximate surface area is 145 Å². The second-order valence-corrected chi connectivity index (χ2v) is 6.33. The molecule has 0 saturated carbocycles. The van der Waals surface area contributed by atoms with Gasteiger partial charge < -0.3 is 10.1 Å². The standard InChI is InChI=1S/C17H19ClN2O4/c18-7-1-4-15(21)19-11-5-6-13-14(9-11)17(23)20(16(13)22)10-12-3-2-8-24-12/h5-6,9,12H,1-4,7-8,10H2,(H,19,21). The Kier molecular flexibility index (Phi) is 5.16. The van der Waals surface area contributed by atoms with Gasteiger partial charge in [0.05, 0.1) is 23.8 Å². The van der Waals surface area contributed by atoms with Gasteiger partial charge in [0.1, 0.15) is 0 Å². The van der Waals surface area contributed by atoms with Gasteiger partial charge in [-0.25, -0.2) is 0 Å². The highest BCUT2D eigenvalue weighted by Gasteiger charge is 2.37. The number of alkyl halides is 1. The van der Waals surface area contributed by atoms with Crippen LogP contribution in [-0.2, 0) is 9.53 Å². The van der Waals surface area contributed by atoms with Gasteiger partial charge >= 0.3 is 0 Å². The third-order valence-corrected chi connectivity index (χ3v) is 4.47. The normalized spacial score (nSPS) is 19.7. The summed E-state index contributed by atoms with van der Waals surface area (Å²) in [6.45, 7) is 0.954. The Hall–Kier alpha value is -1.92. The minimum Gasteiger partial charge on any atom is -0.376 e. The molecule has 24 heavy (non-hydrogen) atoms. The molecule has 0 bridgehead atoms. The predicted octanol–water partition coefficient (Wildman–Crippen LogP) is 2.42. The van der Waals surface area contributed by atoms with Crippen molar-refractivity contribution in [3.63, 3.8) is 0 Å². The molecule has 1 saturated heterocycles. The van der Waals surface area contributed by atoms with Gasteiger partial charge in [0.25, 0.3) is 11.8 Å². The fourth-order valence-electron chi connectivity index (χ4n) is 2.98. The fraction of sp³-hybridized carbons (Fsp3) is 0.471. The molecule has 2 heterocycles. The number of halogens is 1. The van der Waals surface area contributed by atoms with E-state index >= 15 is 0 Å². The first-order valence-electron chi connectivity index (χ1n) is 8.08. The van der Waals surface area contributed by atoms with E-state index in [1.54, 1.807) is 18.2 Å². The van der Waals surface area contributed by atoms with Gasteiger partial charge in [-0.3, -0.25) is 19.3 Å². The lowest BCUT2D eigenvalue weighted by Gasteiger charge is -2.17. The summed E-state index contributed by atoms with van der Waals surface area (Å²) in [6.07, 6.45) is 2.63. The van der Waals surface area contributed by atoms with E-state index in [1.807, 2.05) is 0 Å². The average molecular weight is 351 g/mol. The molecule has 6 nitrogen and oxygen atoms in total. The molecule has 1 aromatic carbocycles. The maximum atomic E-state index is 12.5. The zero-order chi connectivity index (χ0) is 17.1. The summed E-state index contributed by atoms with van der Waals surface area (Å²) in [5.41, 5.74) is 1.21. The summed E-state index contributed by atoms with van der Waals surface area (Å²) in [7, 11) is 0. The number of carbonyl (C=O) groups is 3. The molecular weight excluding hydrogens is 332 g/mol. The molecule has 3 rings (SSSR count). The van der Waals surface area contributed by atoms with Crippen molar-refractivity contribution in [2.24, 2.45) is 0 Å². The van der Waals surface area contributed by atoms with Gasteiger partial charge in [0.15, 0.2) is 0 Å². The zero-order valence-corrected chi connectivity index (χ0v) is 14.0. The van der Waals surface area contributed by atoms with Crippen molar-refractivity contribution >= 4 is 35.0 Å². The molecule has 0 spiro atoms. The van der Waals surface area contributed by atoms with E-state index in [1.165, 1.54) is 4.90 Å². The molecule has 0 aliphatic carbocycles. The van der Waals surface area contributed by atoms with Crippen LogP contribution in [0.25, 0.3) is 0 Å². The Morgan fingerprint density at radius 2 is 2.08 bits per heavy atom. The van der Waals surface area contributed by atoms with E-state index in [9.17, 15) is 14.4 Å². The third kappa shape index (κ3) is 3.44. The summed E-state index contributed by atoms with van der Waals surface area (Å²) in [5.74, 6) is -0.376. The molecular formula is C17H19ClN2O4. The molecule has 0 radical (unpaired) electrons. The number of nitrogens with one attached hydrogen (secondary N) is 1. The topological polar surface area (TPSA) is 75.7 Å². The fourth-order valence-corrected chi connectivity index (χ4v) is 3.11. The van der Waals surface area contributed by atoms with Crippen molar-refractivity contribution in [3.8, 4) is 0 Å². The maximum Gasteiger partial charge on any atom is 0.261 e. The first-order valence-corrected chi connectivity index (χ1v) is 8.61. The summed E-state index contributed by atoms with van der Waals surface area (Å²) < 4.78 is 5.51. The van der Waals surface area contributed by atoms with Gasteiger partial charge in [-0.15, -0.1) is 11.6 Å². The number of hydrogen-bond acceptors (Lipinski definition) is 4. The lowest BCUT2D eigenvalue weighted by molar-refractivity contribution is -0.116. The van der Waals surface area contributed by atoms with Crippen LogP contribution >= 0.6 is 11.6 Å². The average Bonchev–Trinajstić information content (AvgIpc) is 3.16. The third-order valence-electron chi connectivity index (χ3n) is 4.20. The highest BCUT2D eigenvalue weighted by molar-refractivity contribution is 6.22. The van der Waals surface area contributed by atoms with Crippen LogP contribution in [0.15, 0.2) is 18.2 Å². The molecule has 2 aliphatic rings. The monoisotopic (exact) mass is 350 g/mol. The minimum absolute atomic E-state index is 0.0815. The molecule has 7 heteroatoms. The van der Waals surface area contributed by atoms with Crippen LogP contribution in [0.1, 0.15) is 46.4 Å². The number of carbonyl (C=O) groups excluding carboxylic acids is 3. The summed E-state index contributed by atoms with van der Waals surface area (Å²) in [4.78, 5) is 37.9. The molecule has 1 aromatic rings. The number of imide groups is 1. The highest BCUT2D eigenvalue weighted by atomic mass is 35.5. The first kappa shape index (κ1) is 16.9. The number of hydrogen-bond donors (Lipinski definition) is 1. The van der Waals surface area contributed by atoms with E-state index in [4.69, 9.17) is 16.3 Å². The van der Waals surface area contributed by atoms with Gasteiger partial charge in [0.2, 0.25) is 5.91 Å². The number of rotatable bonds is 6. The smallest absolute Gasteiger partial charge is 0.261 e. The summed E-state index contributed by atoms with van der Waals surface area (Å²) in [5, 5.41) is 2.73. The van der Waals surface area contributed by atoms with Crippen LogP contribution in [0, 0.1) is 0 Å². The van der Waals surface area contributed by atoms with Gasteiger partial charge in [-0.2, -0.15) is 0 Å². The van der Waals surface area contributed by atoms with E-state index in [-0.39, 0.29) is 30.4 Å². The van der Waals surface area contributed by atoms with Gasteiger partial charge in [0, 0.05) is 24.6 Å². The van der Waals surface area contributed by atoms with E-state index < -0.39 is 0 Å². The molecule has 1 N–H and O–H groups in total. The Balaban J connectivity index is 1.72. The van der Waals surface area contributed by atoms with Crippen molar-refractivity contribution in [2.45, 2.75) is 31.8 Å². The van der Waals surface area contributed by atoms with Gasteiger partial charge in [-0.1, -0.05) is 0 Å². The van der Waals surface area contributed by atoms with E-state index in [0.717, 1.165) is 12.8 Å². The molecule has 1 atom stereocenters. The maximum absolute atomic E-state index is 12.5. The number of anilines is 1. The predicted molar refractivity (Wildman–Crippen MR) is 89.4 cm³/mol. The van der Waals surface area contributed by atoms with Crippen molar-refractivity contribution in [1.82, 2.24) is 4.90 Å². The number of nitrogens with zero attached hydrogens (tertiary/aromatic N) is 1. The van der Waals surface area contributed by atoms with E-state index in [2.05, 4.69) is 5.32 Å². The highest BCUT2D eigenvalue weighted by Crippen LogP contribution is 2.27. The van der Waals surface area contributed by atoms with Crippen LogP contribution in [0.5, 0.6) is 0 Å². The number of benzene rings is 1. The molecule has 1 unspecified atom stereocenters. The Bertz CT molecular complexity index is 671. The van der Waals surface area contributed by atoms with Crippen LogP contribution in [0.4, 0.5) is 5.69 Å². The Morgan fingerprint density at radius 3 is 2.79 bits per heavy atom. The second-order valence-electron chi connectivity index (χ2n) is 5.96. The van der Waals surface area contributed by atoms with Crippen LogP contribution in [-0.4, -0.2) is 47.8 Å². The van der Waals surface area contributed by atoms with Crippen molar-refractivity contribution in [1.29, 1.82) is 0 Å². The minimum atomic E-state index is -0.331. The van der Waals surface area contributed by atoms with Crippen LogP contribution < -0.4 is 5.32 Å². The number of amides is 3. The molecule has 2 aliphatic heterocycles.